The molecule has 0 saturated carbocycles. The lowest BCUT2D eigenvalue weighted by Gasteiger charge is -2.21. The molecule has 14 heavy (non-hydrogen) atoms. The van der Waals surface area contributed by atoms with E-state index in [1.165, 1.54) is 0 Å². The summed E-state index contributed by atoms with van der Waals surface area (Å²) in [5.41, 5.74) is 8.72. The molecule has 1 unspecified atom stereocenters. The highest BCUT2D eigenvalue weighted by Gasteiger charge is 2.42. The number of rotatable bonds is 6. The molecule has 0 aliphatic rings. The number of ether oxygens (including phenoxy) is 1. The third-order valence-electron chi connectivity index (χ3n) is 1.96. The van der Waals surface area contributed by atoms with Crippen LogP contribution in [0.15, 0.2) is 0 Å². The fourth-order valence-electron chi connectivity index (χ4n) is 1.03. The lowest BCUT2D eigenvalue weighted by molar-refractivity contribution is -0.159. The van der Waals surface area contributed by atoms with E-state index < -0.39 is 17.5 Å². The monoisotopic (exact) mass is 204 g/mol. The molecule has 0 rings (SSSR count). The lowest BCUT2D eigenvalue weighted by atomic mass is 9.94. The molecule has 6 heteroatoms. The number of aliphatic carboxylic acids is 1. The Morgan fingerprint density at radius 2 is 2.00 bits per heavy atom. The van der Waals surface area contributed by atoms with Gasteiger partial charge in [0.15, 0.2) is 0 Å². The Morgan fingerprint density at radius 3 is 2.36 bits per heavy atom. The molecule has 0 aliphatic carbocycles. The van der Waals surface area contributed by atoms with E-state index in [4.69, 9.17) is 16.6 Å². The van der Waals surface area contributed by atoms with Crippen LogP contribution in [0, 0.1) is 0 Å². The van der Waals surface area contributed by atoms with Gasteiger partial charge in [0.25, 0.3) is 0 Å². The van der Waals surface area contributed by atoms with Gasteiger partial charge in [-0.1, -0.05) is 0 Å². The Bertz CT molecular complexity index is 219. The molecule has 5 N–H and O–H groups in total. The standard InChI is InChI=1S/C8H16N2O4/c1-14-7(13)8(10,6(11)12)4-2-3-5-9/h2-5,9-10H2,1H3,(H,11,12). The van der Waals surface area contributed by atoms with Gasteiger partial charge in [-0.3, -0.25) is 0 Å². The predicted molar refractivity (Wildman–Crippen MR) is 49.5 cm³/mol. The number of esters is 1. The average Bonchev–Trinajstić information content (AvgIpc) is 2.16. The highest BCUT2D eigenvalue weighted by molar-refractivity contribution is 6.03. The van der Waals surface area contributed by atoms with Crippen LogP contribution in [0.1, 0.15) is 19.3 Å². The first-order valence-electron chi connectivity index (χ1n) is 4.29. The average molecular weight is 204 g/mol. The van der Waals surface area contributed by atoms with Crippen LogP contribution in [0.25, 0.3) is 0 Å². The molecule has 0 aromatic carbocycles. The number of hydrogen-bond donors (Lipinski definition) is 3. The molecule has 82 valence electrons. The van der Waals surface area contributed by atoms with Crippen molar-refractivity contribution in [1.29, 1.82) is 0 Å². The second kappa shape index (κ2) is 5.56. The molecular formula is C8H16N2O4. The van der Waals surface area contributed by atoms with Crippen LogP contribution in [0.2, 0.25) is 0 Å². The fourth-order valence-corrected chi connectivity index (χ4v) is 1.03. The van der Waals surface area contributed by atoms with E-state index in [0.717, 1.165) is 7.11 Å². The maximum absolute atomic E-state index is 11.1. The van der Waals surface area contributed by atoms with E-state index in [2.05, 4.69) is 4.74 Å². The van der Waals surface area contributed by atoms with Gasteiger partial charge in [0, 0.05) is 0 Å². The van der Waals surface area contributed by atoms with E-state index in [0.29, 0.717) is 19.4 Å². The SMILES string of the molecule is COC(=O)C(N)(CCCCN)C(=O)O. The maximum Gasteiger partial charge on any atom is 0.337 e. The van der Waals surface area contributed by atoms with Crippen molar-refractivity contribution in [3.05, 3.63) is 0 Å². The first kappa shape index (κ1) is 12.9. The molecular weight excluding hydrogens is 188 g/mol. The summed E-state index contributed by atoms with van der Waals surface area (Å²) in [5.74, 6) is -2.30. The number of nitrogens with two attached hydrogens (primary N) is 2. The van der Waals surface area contributed by atoms with Crippen molar-refractivity contribution in [3.63, 3.8) is 0 Å². The number of carbonyl (C=O) groups is 2. The second-order valence-electron chi connectivity index (χ2n) is 3.01. The summed E-state index contributed by atoms with van der Waals surface area (Å²) in [7, 11) is 1.11. The zero-order chi connectivity index (χ0) is 11.2. The largest absolute Gasteiger partial charge is 0.479 e. The Kier molecular flexibility index (Phi) is 5.11. The zero-order valence-electron chi connectivity index (χ0n) is 8.16. The van der Waals surface area contributed by atoms with E-state index >= 15 is 0 Å². The van der Waals surface area contributed by atoms with Gasteiger partial charge in [0.2, 0.25) is 5.54 Å². The summed E-state index contributed by atoms with van der Waals surface area (Å²) in [5, 5.41) is 8.78. The van der Waals surface area contributed by atoms with Gasteiger partial charge < -0.3 is 21.3 Å². The fraction of sp³-hybridized carbons (Fsp3) is 0.750. The van der Waals surface area contributed by atoms with Crippen LogP contribution in [0.5, 0.6) is 0 Å². The summed E-state index contributed by atoms with van der Waals surface area (Å²) in [6.45, 7) is 0.441. The third kappa shape index (κ3) is 2.97. The minimum atomic E-state index is -1.94. The molecule has 0 bridgehead atoms. The lowest BCUT2D eigenvalue weighted by Crippen LogP contribution is -2.55. The van der Waals surface area contributed by atoms with Crippen molar-refractivity contribution < 1.29 is 19.4 Å². The van der Waals surface area contributed by atoms with Gasteiger partial charge in [-0.15, -0.1) is 0 Å². The van der Waals surface area contributed by atoms with Gasteiger partial charge in [-0.2, -0.15) is 0 Å². The summed E-state index contributed by atoms with van der Waals surface area (Å²) >= 11 is 0. The number of unbranched alkanes of at least 4 members (excludes halogenated alkanes) is 1. The molecule has 0 amide bonds. The number of methoxy groups -OCH3 is 1. The molecule has 0 fully saturated rings. The van der Waals surface area contributed by atoms with Gasteiger partial charge in [-0.25, -0.2) is 9.59 Å². The second-order valence-corrected chi connectivity index (χ2v) is 3.01. The van der Waals surface area contributed by atoms with Gasteiger partial charge in [-0.05, 0) is 25.8 Å². The van der Waals surface area contributed by atoms with Gasteiger partial charge in [0.05, 0.1) is 7.11 Å². The molecule has 0 aliphatic heterocycles. The molecule has 0 saturated heterocycles. The Balaban J connectivity index is 4.40. The number of carboxylic acids is 1. The highest BCUT2D eigenvalue weighted by atomic mass is 16.5. The van der Waals surface area contributed by atoms with E-state index in [-0.39, 0.29) is 6.42 Å². The van der Waals surface area contributed by atoms with Crippen LogP contribution in [-0.2, 0) is 14.3 Å². The van der Waals surface area contributed by atoms with Crippen molar-refractivity contribution in [2.75, 3.05) is 13.7 Å². The summed E-state index contributed by atoms with van der Waals surface area (Å²) in [6.07, 6.45) is 1.14. The van der Waals surface area contributed by atoms with E-state index in [1.54, 1.807) is 0 Å². The molecule has 0 heterocycles. The predicted octanol–water partition coefficient (Wildman–Crippen LogP) is -0.929. The first-order valence-corrected chi connectivity index (χ1v) is 4.29. The minimum absolute atomic E-state index is 0.0339. The molecule has 1 atom stereocenters. The van der Waals surface area contributed by atoms with Crippen LogP contribution in [0.3, 0.4) is 0 Å². The molecule has 0 aromatic rings. The number of carboxylic acid groups (broad SMARTS) is 1. The molecule has 0 spiro atoms. The van der Waals surface area contributed by atoms with Crippen molar-refractivity contribution in [1.82, 2.24) is 0 Å². The summed E-state index contributed by atoms with van der Waals surface area (Å²) < 4.78 is 4.33. The van der Waals surface area contributed by atoms with Gasteiger partial charge in [0.1, 0.15) is 0 Å². The van der Waals surface area contributed by atoms with Crippen LogP contribution in [0.4, 0.5) is 0 Å². The highest BCUT2D eigenvalue weighted by Crippen LogP contribution is 2.13. The van der Waals surface area contributed by atoms with Crippen LogP contribution >= 0.6 is 0 Å². The zero-order valence-corrected chi connectivity index (χ0v) is 8.16. The summed E-state index contributed by atoms with van der Waals surface area (Å²) in [4.78, 5) is 21.9. The number of carbonyl (C=O) groups excluding carboxylic acids is 1. The van der Waals surface area contributed by atoms with Crippen molar-refractivity contribution in [2.24, 2.45) is 11.5 Å². The Hall–Kier alpha value is -1.14. The normalized spacial score (nSPS) is 14.5. The van der Waals surface area contributed by atoms with Crippen LogP contribution in [-0.4, -0.2) is 36.2 Å². The number of hydrogen-bond acceptors (Lipinski definition) is 5. The molecule has 6 nitrogen and oxygen atoms in total. The van der Waals surface area contributed by atoms with Crippen molar-refractivity contribution in [2.45, 2.75) is 24.8 Å². The minimum Gasteiger partial charge on any atom is -0.479 e. The maximum atomic E-state index is 11.1. The first-order chi connectivity index (χ1) is 6.49. The third-order valence-corrected chi connectivity index (χ3v) is 1.96. The Labute approximate surface area is 82.2 Å². The Morgan fingerprint density at radius 1 is 1.43 bits per heavy atom. The topological polar surface area (TPSA) is 116 Å². The molecule has 0 aromatic heterocycles. The van der Waals surface area contributed by atoms with E-state index in [9.17, 15) is 9.59 Å². The van der Waals surface area contributed by atoms with E-state index in [1.807, 2.05) is 0 Å². The van der Waals surface area contributed by atoms with Crippen LogP contribution < -0.4 is 11.5 Å². The van der Waals surface area contributed by atoms with Gasteiger partial charge >= 0.3 is 11.9 Å². The smallest absolute Gasteiger partial charge is 0.337 e. The quantitative estimate of drug-likeness (QED) is 0.292. The van der Waals surface area contributed by atoms with Crippen molar-refractivity contribution >= 4 is 11.9 Å². The molecule has 0 radical (unpaired) electrons. The van der Waals surface area contributed by atoms with Crippen molar-refractivity contribution in [3.8, 4) is 0 Å². The summed E-state index contributed by atoms with van der Waals surface area (Å²) in [6, 6.07) is 0.